The third kappa shape index (κ3) is 3.16. The van der Waals surface area contributed by atoms with Gasteiger partial charge in [-0.2, -0.15) is 0 Å². The second kappa shape index (κ2) is 7.19. The van der Waals surface area contributed by atoms with E-state index in [0.29, 0.717) is 22.8 Å². The molecule has 0 unspecified atom stereocenters. The van der Waals surface area contributed by atoms with Crippen molar-refractivity contribution >= 4 is 11.9 Å². The molecule has 0 saturated carbocycles. The minimum Gasteiger partial charge on any atom is -0.493 e. The molecule has 27 heavy (non-hydrogen) atoms. The van der Waals surface area contributed by atoms with E-state index in [-0.39, 0.29) is 12.5 Å². The predicted octanol–water partition coefficient (Wildman–Crippen LogP) is 2.68. The topological polar surface area (TPSA) is 77.1 Å². The Kier molecular flexibility index (Phi) is 4.94. The van der Waals surface area contributed by atoms with E-state index >= 15 is 0 Å². The van der Waals surface area contributed by atoms with E-state index in [1.807, 2.05) is 30.3 Å². The molecule has 0 radical (unpaired) electrons. The zero-order chi connectivity index (χ0) is 19.6. The van der Waals surface area contributed by atoms with Crippen LogP contribution in [0.2, 0.25) is 0 Å². The number of ether oxygens (including phenoxy) is 3. The van der Waals surface area contributed by atoms with Gasteiger partial charge >= 0.3 is 6.03 Å². The summed E-state index contributed by atoms with van der Waals surface area (Å²) in [6.07, 6.45) is 0. The van der Waals surface area contributed by atoms with E-state index < -0.39 is 11.6 Å². The van der Waals surface area contributed by atoms with Crippen molar-refractivity contribution in [3.63, 3.8) is 0 Å². The molecule has 2 aromatic carbocycles. The van der Waals surface area contributed by atoms with E-state index in [0.717, 1.165) is 5.56 Å². The highest BCUT2D eigenvalue weighted by molar-refractivity contribution is 6.07. The molecule has 2 aromatic rings. The number of nitrogens with zero attached hydrogens (tertiary/aromatic N) is 1. The third-order valence-corrected chi connectivity index (χ3v) is 4.70. The highest BCUT2D eigenvalue weighted by Gasteiger charge is 2.49. The van der Waals surface area contributed by atoms with E-state index in [4.69, 9.17) is 14.2 Å². The van der Waals surface area contributed by atoms with E-state index in [1.165, 1.54) is 26.2 Å². The fraction of sp³-hybridized carbons (Fsp3) is 0.300. The Labute approximate surface area is 157 Å². The molecule has 3 rings (SSSR count). The molecule has 1 aliphatic rings. The highest BCUT2D eigenvalue weighted by Crippen LogP contribution is 2.42. The van der Waals surface area contributed by atoms with Crippen molar-refractivity contribution in [1.29, 1.82) is 0 Å². The van der Waals surface area contributed by atoms with Crippen molar-refractivity contribution in [2.45, 2.75) is 19.0 Å². The van der Waals surface area contributed by atoms with Gasteiger partial charge in [0.05, 0.1) is 27.9 Å². The summed E-state index contributed by atoms with van der Waals surface area (Å²) in [6, 6.07) is 12.3. The Balaban J connectivity index is 1.99. The molecule has 1 saturated heterocycles. The van der Waals surface area contributed by atoms with E-state index in [2.05, 4.69) is 5.32 Å². The fourth-order valence-corrected chi connectivity index (χ4v) is 3.17. The van der Waals surface area contributed by atoms with Crippen LogP contribution in [0, 0.1) is 0 Å². The first-order chi connectivity index (χ1) is 12.9. The number of methoxy groups -OCH3 is 3. The van der Waals surface area contributed by atoms with Gasteiger partial charge in [0.25, 0.3) is 5.91 Å². The van der Waals surface area contributed by atoms with Crippen LogP contribution in [0.5, 0.6) is 17.2 Å². The van der Waals surface area contributed by atoms with Crippen LogP contribution in [0.25, 0.3) is 0 Å². The zero-order valence-corrected chi connectivity index (χ0v) is 15.7. The van der Waals surface area contributed by atoms with E-state index in [9.17, 15) is 9.59 Å². The van der Waals surface area contributed by atoms with Gasteiger partial charge in [-0.05, 0) is 30.2 Å². The molecule has 0 bridgehead atoms. The number of amides is 3. The van der Waals surface area contributed by atoms with Crippen LogP contribution < -0.4 is 19.5 Å². The van der Waals surface area contributed by atoms with Crippen molar-refractivity contribution in [3.8, 4) is 17.2 Å². The summed E-state index contributed by atoms with van der Waals surface area (Å²) in [7, 11) is 4.51. The predicted molar refractivity (Wildman–Crippen MR) is 99.0 cm³/mol. The van der Waals surface area contributed by atoms with Gasteiger partial charge in [-0.15, -0.1) is 0 Å². The van der Waals surface area contributed by atoms with Gasteiger partial charge in [0.2, 0.25) is 5.75 Å². The van der Waals surface area contributed by atoms with Crippen LogP contribution in [0.15, 0.2) is 42.5 Å². The van der Waals surface area contributed by atoms with Gasteiger partial charge in [-0.3, -0.25) is 9.69 Å². The molecule has 1 fully saturated rings. The smallest absolute Gasteiger partial charge is 0.325 e. The van der Waals surface area contributed by atoms with Crippen molar-refractivity contribution < 1.29 is 23.8 Å². The molecule has 1 N–H and O–H groups in total. The monoisotopic (exact) mass is 370 g/mol. The van der Waals surface area contributed by atoms with Gasteiger partial charge in [0.1, 0.15) is 5.54 Å². The van der Waals surface area contributed by atoms with Crippen LogP contribution in [-0.2, 0) is 16.9 Å². The van der Waals surface area contributed by atoms with Gasteiger partial charge < -0.3 is 19.5 Å². The van der Waals surface area contributed by atoms with Crippen LogP contribution in [0.4, 0.5) is 4.79 Å². The first kappa shape index (κ1) is 18.6. The Morgan fingerprint density at radius 1 is 0.963 bits per heavy atom. The Morgan fingerprint density at radius 3 is 2.07 bits per heavy atom. The maximum Gasteiger partial charge on any atom is 0.325 e. The summed E-state index contributed by atoms with van der Waals surface area (Å²) in [5.74, 6) is 0.907. The summed E-state index contributed by atoms with van der Waals surface area (Å²) in [6.45, 7) is 1.87. The normalized spacial score (nSPS) is 19.0. The van der Waals surface area contributed by atoms with Gasteiger partial charge in [-0.25, -0.2) is 4.79 Å². The number of carbonyl (C=O) groups excluding carboxylic acids is 2. The molecule has 142 valence electrons. The van der Waals surface area contributed by atoms with Crippen molar-refractivity contribution in [3.05, 3.63) is 53.6 Å². The lowest BCUT2D eigenvalue weighted by molar-refractivity contribution is -0.131. The third-order valence-electron chi connectivity index (χ3n) is 4.70. The van der Waals surface area contributed by atoms with Crippen molar-refractivity contribution in [2.24, 2.45) is 0 Å². The molecular formula is C20H22N2O5. The van der Waals surface area contributed by atoms with Gasteiger partial charge in [-0.1, -0.05) is 30.3 Å². The zero-order valence-electron chi connectivity index (χ0n) is 15.7. The van der Waals surface area contributed by atoms with E-state index in [1.54, 1.807) is 19.1 Å². The Bertz CT molecular complexity index is 843. The second-order valence-electron chi connectivity index (χ2n) is 6.35. The number of hydrogen-bond acceptors (Lipinski definition) is 5. The Hall–Kier alpha value is -3.22. The average Bonchev–Trinajstić information content (AvgIpc) is 2.91. The quantitative estimate of drug-likeness (QED) is 0.791. The lowest BCUT2D eigenvalue weighted by Gasteiger charge is -2.24. The maximum atomic E-state index is 13.1. The number of imide groups is 1. The van der Waals surface area contributed by atoms with Gasteiger partial charge in [0, 0.05) is 0 Å². The minimum absolute atomic E-state index is 0.200. The molecule has 0 aromatic heterocycles. The number of rotatable bonds is 6. The summed E-state index contributed by atoms with van der Waals surface area (Å²) in [5, 5.41) is 2.79. The summed E-state index contributed by atoms with van der Waals surface area (Å²) < 4.78 is 16.1. The van der Waals surface area contributed by atoms with Crippen LogP contribution in [0.1, 0.15) is 18.1 Å². The van der Waals surface area contributed by atoms with Crippen LogP contribution >= 0.6 is 0 Å². The molecule has 7 heteroatoms. The standard InChI is InChI=1S/C20H22N2O5/c1-20(14-10-15(25-2)17(27-4)16(11-14)26-3)18(23)22(19(24)21-20)12-13-8-6-5-7-9-13/h5-11H,12H2,1-4H3,(H,21,24)/t20-/m1/s1. The average molecular weight is 370 g/mol. The van der Waals surface area contributed by atoms with Crippen LogP contribution in [0.3, 0.4) is 0 Å². The molecular weight excluding hydrogens is 348 g/mol. The number of carbonyl (C=O) groups is 2. The number of benzene rings is 2. The highest BCUT2D eigenvalue weighted by atomic mass is 16.5. The summed E-state index contributed by atoms with van der Waals surface area (Å²) >= 11 is 0. The minimum atomic E-state index is -1.24. The maximum absolute atomic E-state index is 13.1. The largest absolute Gasteiger partial charge is 0.493 e. The van der Waals surface area contributed by atoms with Crippen molar-refractivity contribution in [1.82, 2.24) is 10.2 Å². The first-order valence-electron chi connectivity index (χ1n) is 8.43. The molecule has 1 atom stereocenters. The lowest BCUT2D eigenvalue weighted by atomic mass is 9.91. The SMILES string of the molecule is COc1cc([C@@]2(C)NC(=O)N(Cc3ccccc3)C2=O)cc(OC)c1OC. The second-order valence-corrected chi connectivity index (χ2v) is 6.35. The Morgan fingerprint density at radius 2 is 1.56 bits per heavy atom. The molecule has 1 heterocycles. The lowest BCUT2D eigenvalue weighted by Crippen LogP contribution is -2.40. The number of hydrogen-bond donors (Lipinski definition) is 1. The summed E-state index contributed by atoms with van der Waals surface area (Å²) in [4.78, 5) is 26.8. The summed E-state index contributed by atoms with van der Waals surface area (Å²) in [5.41, 5.74) is 0.180. The van der Waals surface area contributed by atoms with Gasteiger partial charge in [0.15, 0.2) is 11.5 Å². The molecule has 7 nitrogen and oxygen atoms in total. The number of nitrogens with one attached hydrogen (secondary N) is 1. The first-order valence-corrected chi connectivity index (χ1v) is 8.43. The van der Waals surface area contributed by atoms with Crippen LogP contribution in [-0.4, -0.2) is 38.2 Å². The molecule has 3 amide bonds. The molecule has 0 spiro atoms. The molecule has 1 aliphatic heterocycles. The fourth-order valence-electron chi connectivity index (χ4n) is 3.17. The number of urea groups is 1. The van der Waals surface area contributed by atoms with Crippen molar-refractivity contribution in [2.75, 3.05) is 21.3 Å². The molecule has 0 aliphatic carbocycles.